The van der Waals surface area contributed by atoms with Crippen LogP contribution in [0, 0.1) is 11.6 Å². The van der Waals surface area contributed by atoms with E-state index in [1.54, 1.807) is 4.90 Å². The summed E-state index contributed by atoms with van der Waals surface area (Å²) in [5.41, 5.74) is -1.10. The molecule has 8 heteroatoms. The normalized spacial score (nSPS) is 14.8. The van der Waals surface area contributed by atoms with Gasteiger partial charge in [0.1, 0.15) is 17.3 Å². The van der Waals surface area contributed by atoms with Crippen LogP contribution in [0.2, 0.25) is 0 Å². The summed E-state index contributed by atoms with van der Waals surface area (Å²) in [7, 11) is 0. The Kier molecular flexibility index (Phi) is 5.10. The smallest absolute Gasteiger partial charge is 0.362 e. The topological polar surface area (TPSA) is 71.2 Å². The molecule has 0 atom stereocenters. The summed E-state index contributed by atoms with van der Waals surface area (Å²) in [6, 6.07) is 10.2. The SMILES string of the molecule is O=C(N1CCCCC1)n1ncc(C(O)(c2ccc(F)cc2)c2ccc(F)cc2)n1. The minimum atomic E-state index is -1.83. The second-order valence-electron chi connectivity index (χ2n) is 7.07. The van der Waals surface area contributed by atoms with Crippen LogP contribution in [0.15, 0.2) is 54.7 Å². The number of hydrogen-bond donors (Lipinski definition) is 1. The molecule has 0 bridgehead atoms. The number of amides is 1. The van der Waals surface area contributed by atoms with E-state index in [2.05, 4.69) is 10.2 Å². The third-order valence-electron chi connectivity index (χ3n) is 5.18. The Balaban J connectivity index is 1.76. The second kappa shape index (κ2) is 7.71. The Labute approximate surface area is 166 Å². The fourth-order valence-corrected chi connectivity index (χ4v) is 3.58. The van der Waals surface area contributed by atoms with Gasteiger partial charge in [-0.1, -0.05) is 29.1 Å². The molecule has 0 unspecified atom stereocenters. The highest BCUT2D eigenvalue weighted by molar-refractivity contribution is 5.75. The molecular weight excluding hydrogens is 378 g/mol. The number of aliphatic hydroxyl groups is 1. The van der Waals surface area contributed by atoms with E-state index < -0.39 is 17.2 Å². The van der Waals surface area contributed by atoms with Gasteiger partial charge in [-0.2, -0.15) is 5.10 Å². The second-order valence-corrected chi connectivity index (χ2v) is 7.07. The van der Waals surface area contributed by atoms with Gasteiger partial charge >= 0.3 is 6.03 Å². The first-order chi connectivity index (χ1) is 14.0. The fourth-order valence-electron chi connectivity index (χ4n) is 3.58. The summed E-state index contributed by atoms with van der Waals surface area (Å²) in [6.45, 7) is 1.27. The number of benzene rings is 2. The van der Waals surface area contributed by atoms with Crippen molar-refractivity contribution in [1.82, 2.24) is 19.9 Å². The summed E-state index contributed by atoms with van der Waals surface area (Å²) < 4.78 is 26.9. The summed E-state index contributed by atoms with van der Waals surface area (Å²) in [6.07, 6.45) is 4.23. The van der Waals surface area contributed by atoms with E-state index in [0.29, 0.717) is 24.2 Å². The van der Waals surface area contributed by atoms with Crippen LogP contribution in [0.4, 0.5) is 13.6 Å². The van der Waals surface area contributed by atoms with Gasteiger partial charge < -0.3 is 10.0 Å². The average Bonchev–Trinajstić information content (AvgIpc) is 3.25. The third-order valence-corrected chi connectivity index (χ3v) is 5.18. The molecule has 1 fully saturated rings. The van der Waals surface area contributed by atoms with Gasteiger partial charge in [0.05, 0.1) is 6.20 Å². The van der Waals surface area contributed by atoms with Crippen molar-refractivity contribution in [3.8, 4) is 0 Å². The van der Waals surface area contributed by atoms with Gasteiger partial charge in [0, 0.05) is 13.1 Å². The molecule has 2 heterocycles. The van der Waals surface area contributed by atoms with E-state index in [9.17, 15) is 18.7 Å². The van der Waals surface area contributed by atoms with E-state index in [1.165, 1.54) is 54.7 Å². The van der Waals surface area contributed by atoms with Crippen molar-refractivity contribution in [2.45, 2.75) is 24.9 Å². The van der Waals surface area contributed by atoms with Crippen LogP contribution < -0.4 is 0 Å². The zero-order valence-electron chi connectivity index (χ0n) is 15.6. The lowest BCUT2D eigenvalue weighted by Gasteiger charge is -2.27. The summed E-state index contributed by atoms with van der Waals surface area (Å²) in [5.74, 6) is -0.918. The van der Waals surface area contributed by atoms with Gasteiger partial charge in [-0.3, -0.25) is 0 Å². The van der Waals surface area contributed by atoms with E-state index in [-0.39, 0.29) is 11.7 Å². The van der Waals surface area contributed by atoms with Gasteiger partial charge in [-0.05, 0) is 54.7 Å². The molecule has 1 saturated heterocycles. The number of aromatic nitrogens is 3. The van der Waals surface area contributed by atoms with Crippen LogP contribution >= 0.6 is 0 Å². The Morgan fingerprint density at radius 1 is 0.897 bits per heavy atom. The number of rotatable bonds is 3. The Morgan fingerprint density at radius 2 is 1.41 bits per heavy atom. The van der Waals surface area contributed by atoms with Gasteiger partial charge in [0.2, 0.25) is 0 Å². The Hall–Kier alpha value is -3.13. The van der Waals surface area contributed by atoms with Crippen LogP contribution in [0.1, 0.15) is 36.1 Å². The van der Waals surface area contributed by atoms with Crippen molar-refractivity contribution in [3.05, 3.63) is 83.2 Å². The Bertz CT molecular complexity index is 951. The van der Waals surface area contributed by atoms with Crippen molar-refractivity contribution >= 4 is 6.03 Å². The number of nitrogens with zero attached hydrogens (tertiary/aromatic N) is 4. The molecule has 1 aromatic heterocycles. The molecule has 0 aliphatic carbocycles. The molecular formula is C21H20F2N4O2. The highest BCUT2D eigenvalue weighted by Crippen LogP contribution is 2.35. The van der Waals surface area contributed by atoms with Crippen molar-refractivity contribution in [1.29, 1.82) is 0 Å². The molecule has 2 aromatic carbocycles. The maximum absolute atomic E-state index is 13.4. The van der Waals surface area contributed by atoms with E-state index in [1.807, 2.05) is 0 Å². The molecule has 1 amide bonds. The number of halogens is 2. The third kappa shape index (κ3) is 3.63. The minimum absolute atomic E-state index is 0.0843. The lowest BCUT2D eigenvalue weighted by atomic mass is 9.84. The van der Waals surface area contributed by atoms with E-state index >= 15 is 0 Å². The molecule has 1 N–H and O–H groups in total. The first-order valence-corrected chi connectivity index (χ1v) is 9.45. The molecule has 0 saturated carbocycles. The van der Waals surface area contributed by atoms with Gasteiger partial charge in [0.15, 0.2) is 5.60 Å². The van der Waals surface area contributed by atoms with E-state index in [0.717, 1.165) is 24.1 Å². The molecule has 3 aromatic rings. The number of piperidine rings is 1. The minimum Gasteiger partial charge on any atom is -0.374 e. The Morgan fingerprint density at radius 3 is 1.93 bits per heavy atom. The fraction of sp³-hybridized carbons (Fsp3) is 0.286. The van der Waals surface area contributed by atoms with Gasteiger partial charge in [-0.15, -0.1) is 5.10 Å². The highest BCUT2D eigenvalue weighted by atomic mass is 19.1. The molecule has 0 radical (unpaired) electrons. The highest BCUT2D eigenvalue weighted by Gasteiger charge is 2.37. The zero-order valence-corrected chi connectivity index (χ0v) is 15.6. The molecule has 150 valence electrons. The van der Waals surface area contributed by atoms with Crippen LogP contribution in [-0.4, -0.2) is 44.1 Å². The number of hydrogen-bond acceptors (Lipinski definition) is 4. The first kappa shape index (κ1) is 19.2. The summed E-state index contributed by atoms with van der Waals surface area (Å²) in [4.78, 5) is 15.3. The van der Waals surface area contributed by atoms with Crippen molar-refractivity contribution < 1.29 is 18.7 Å². The number of carbonyl (C=O) groups is 1. The summed E-state index contributed by atoms with van der Waals surface area (Å²) >= 11 is 0. The monoisotopic (exact) mass is 398 g/mol. The maximum Gasteiger partial charge on any atom is 0.362 e. The van der Waals surface area contributed by atoms with Crippen molar-refractivity contribution in [3.63, 3.8) is 0 Å². The standard InChI is InChI=1S/C21H20F2N4O2/c22-17-8-4-15(5-9-17)21(29,16-6-10-18(23)11-7-16)19-14-24-27(25-19)20(28)26-12-2-1-3-13-26/h4-11,14,29H,1-3,12-13H2. The molecule has 1 aliphatic rings. The van der Waals surface area contributed by atoms with Gasteiger partial charge in [-0.25, -0.2) is 13.6 Å². The van der Waals surface area contributed by atoms with Crippen LogP contribution in [-0.2, 0) is 5.60 Å². The van der Waals surface area contributed by atoms with Crippen molar-refractivity contribution in [2.24, 2.45) is 0 Å². The molecule has 29 heavy (non-hydrogen) atoms. The van der Waals surface area contributed by atoms with Crippen molar-refractivity contribution in [2.75, 3.05) is 13.1 Å². The van der Waals surface area contributed by atoms with Crippen LogP contribution in [0.3, 0.4) is 0 Å². The summed E-state index contributed by atoms with van der Waals surface area (Å²) in [5, 5.41) is 19.9. The number of carbonyl (C=O) groups excluding carboxylic acids is 1. The van der Waals surface area contributed by atoms with Gasteiger partial charge in [0.25, 0.3) is 0 Å². The maximum atomic E-state index is 13.4. The average molecular weight is 398 g/mol. The quantitative estimate of drug-likeness (QED) is 0.735. The predicted octanol–water partition coefficient (Wildman–Crippen LogP) is 3.29. The molecule has 0 spiro atoms. The first-order valence-electron chi connectivity index (χ1n) is 9.45. The molecule has 6 nitrogen and oxygen atoms in total. The van der Waals surface area contributed by atoms with Crippen LogP contribution in [0.25, 0.3) is 0 Å². The molecule has 4 rings (SSSR count). The lowest BCUT2D eigenvalue weighted by molar-refractivity contribution is 0.119. The van der Waals surface area contributed by atoms with Crippen LogP contribution in [0.5, 0.6) is 0 Å². The molecule has 1 aliphatic heterocycles. The van der Waals surface area contributed by atoms with E-state index in [4.69, 9.17) is 0 Å². The lowest BCUT2D eigenvalue weighted by Crippen LogP contribution is -2.39. The largest absolute Gasteiger partial charge is 0.374 e. The number of likely N-dealkylation sites (tertiary alicyclic amines) is 1. The zero-order chi connectivity index (χ0) is 20.4. The predicted molar refractivity (Wildman–Crippen MR) is 101 cm³/mol.